The van der Waals surface area contributed by atoms with Crippen molar-refractivity contribution in [2.75, 3.05) is 19.7 Å². The maximum absolute atomic E-state index is 5.78. The highest BCUT2D eigenvalue weighted by Gasteiger charge is 2.24. The Morgan fingerprint density at radius 1 is 1.31 bits per heavy atom. The molecule has 0 spiro atoms. The average Bonchev–Trinajstić information content (AvgIpc) is 3.15. The Morgan fingerprint density at radius 3 is 3.00 bits per heavy atom. The van der Waals surface area contributed by atoms with Gasteiger partial charge in [-0.05, 0) is 30.5 Å². The van der Waals surface area contributed by atoms with E-state index in [-0.39, 0.29) is 6.10 Å². The molecule has 1 aliphatic carbocycles. The van der Waals surface area contributed by atoms with Crippen molar-refractivity contribution in [3.8, 4) is 5.75 Å². The van der Waals surface area contributed by atoms with Gasteiger partial charge in [-0.25, -0.2) is 0 Å². The molecule has 1 saturated heterocycles. The van der Waals surface area contributed by atoms with Crippen LogP contribution < -0.4 is 10.1 Å². The molecule has 1 atom stereocenters. The van der Waals surface area contributed by atoms with Gasteiger partial charge in [0, 0.05) is 13.1 Å². The number of hydrogen-bond acceptors (Lipinski definition) is 3. The van der Waals surface area contributed by atoms with E-state index in [0.29, 0.717) is 6.10 Å². The molecule has 0 radical (unpaired) electrons. The van der Waals surface area contributed by atoms with E-state index in [1.807, 2.05) is 12.1 Å². The first-order valence-electron chi connectivity index (χ1n) is 6.01. The zero-order valence-corrected chi connectivity index (χ0v) is 9.32. The van der Waals surface area contributed by atoms with Crippen LogP contribution in [0, 0.1) is 0 Å². The number of hydrogen-bond donors (Lipinski definition) is 1. The molecule has 86 valence electrons. The summed E-state index contributed by atoms with van der Waals surface area (Å²) in [4.78, 5) is 0. The predicted octanol–water partition coefficient (Wildman–Crippen LogP) is 1.89. The lowest BCUT2D eigenvalue weighted by Crippen LogP contribution is -2.33. The lowest BCUT2D eigenvalue weighted by molar-refractivity contribution is 0.0275. The van der Waals surface area contributed by atoms with E-state index in [9.17, 15) is 0 Å². The molecule has 0 amide bonds. The van der Waals surface area contributed by atoms with E-state index in [1.165, 1.54) is 18.4 Å². The standard InChI is InChI=1S/C13H17NO2/c1-2-10(13-9-14-6-7-15-13)8-12(3-1)16-11-4-5-11/h1-3,8,11,13-14H,4-7,9H2. The summed E-state index contributed by atoms with van der Waals surface area (Å²) in [5, 5.41) is 3.34. The van der Waals surface area contributed by atoms with E-state index in [0.717, 1.165) is 25.4 Å². The molecule has 3 nitrogen and oxygen atoms in total. The van der Waals surface area contributed by atoms with Crippen molar-refractivity contribution < 1.29 is 9.47 Å². The van der Waals surface area contributed by atoms with Crippen LogP contribution in [0.4, 0.5) is 0 Å². The molecular formula is C13H17NO2. The molecule has 3 heteroatoms. The first-order valence-corrected chi connectivity index (χ1v) is 6.01. The van der Waals surface area contributed by atoms with Crippen LogP contribution >= 0.6 is 0 Å². The second-order valence-corrected chi connectivity index (χ2v) is 4.45. The lowest BCUT2D eigenvalue weighted by atomic mass is 10.1. The molecule has 16 heavy (non-hydrogen) atoms. The molecular weight excluding hydrogens is 202 g/mol. The van der Waals surface area contributed by atoms with Crippen LogP contribution in [-0.4, -0.2) is 25.8 Å². The Balaban J connectivity index is 1.72. The summed E-state index contributed by atoms with van der Waals surface area (Å²) >= 11 is 0. The second kappa shape index (κ2) is 4.44. The Bertz CT molecular complexity index is 357. The molecule has 1 aromatic rings. The predicted molar refractivity (Wildman–Crippen MR) is 61.7 cm³/mol. The summed E-state index contributed by atoms with van der Waals surface area (Å²) in [6, 6.07) is 8.29. The fourth-order valence-electron chi connectivity index (χ4n) is 1.95. The Labute approximate surface area is 95.8 Å². The molecule has 2 fully saturated rings. The highest BCUT2D eigenvalue weighted by atomic mass is 16.5. The first kappa shape index (κ1) is 10.1. The summed E-state index contributed by atoms with van der Waals surface area (Å²) in [5.41, 5.74) is 1.21. The minimum absolute atomic E-state index is 0.177. The third-order valence-electron chi connectivity index (χ3n) is 2.98. The van der Waals surface area contributed by atoms with Gasteiger partial charge in [0.15, 0.2) is 0 Å². The third-order valence-corrected chi connectivity index (χ3v) is 2.98. The van der Waals surface area contributed by atoms with Gasteiger partial charge in [-0.2, -0.15) is 0 Å². The largest absolute Gasteiger partial charge is 0.490 e. The SMILES string of the molecule is c1cc(OC2CC2)cc(C2CNCCO2)c1. The van der Waals surface area contributed by atoms with Crippen molar-refractivity contribution in [3.05, 3.63) is 29.8 Å². The molecule has 1 N–H and O–H groups in total. The molecule has 1 unspecified atom stereocenters. The topological polar surface area (TPSA) is 30.5 Å². The number of benzene rings is 1. The quantitative estimate of drug-likeness (QED) is 0.842. The third kappa shape index (κ3) is 2.36. The fraction of sp³-hybridized carbons (Fsp3) is 0.538. The van der Waals surface area contributed by atoms with Crippen LogP contribution in [0.2, 0.25) is 0 Å². The number of ether oxygens (including phenoxy) is 2. The monoisotopic (exact) mass is 219 g/mol. The zero-order chi connectivity index (χ0) is 10.8. The van der Waals surface area contributed by atoms with Gasteiger partial charge >= 0.3 is 0 Å². The van der Waals surface area contributed by atoms with Crippen molar-refractivity contribution in [3.63, 3.8) is 0 Å². The van der Waals surface area contributed by atoms with Crippen molar-refractivity contribution >= 4 is 0 Å². The minimum Gasteiger partial charge on any atom is -0.490 e. The number of morpholine rings is 1. The molecule has 0 aromatic heterocycles. The van der Waals surface area contributed by atoms with Crippen LogP contribution in [0.5, 0.6) is 5.75 Å². The van der Waals surface area contributed by atoms with Gasteiger partial charge < -0.3 is 14.8 Å². The Kier molecular flexibility index (Phi) is 2.80. The fourth-order valence-corrected chi connectivity index (χ4v) is 1.95. The average molecular weight is 219 g/mol. The maximum Gasteiger partial charge on any atom is 0.120 e. The molecule has 3 rings (SSSR count). The van der Waals surface area contributed by atoms with Crippen LogP contribution in [0.25, 0.3) is 0 Å². The van der Waals surface area contributed by atoms with Gasteiger partial charge in [-0.15, -0.1) is 0 Å². The van der Waals surface area contributed by atoms with Crippen molar-refractivity contribution in [1.82, 2.24) is 5.32 Å². The van der Waals surface area contributed by atoms with Crippen LogP contribution in [0.1, 0.15) is 24.5 Å². The van der Waals surface area contributed by atoms with Gasteiger partial charge in [-0.1, -0.05) is 12.1 Å². The summed E-state index contributed by atoms with van der Waals surface area (Å²) in [6.45, 7) is 2.64. The molecule has 1 heterocycles. The lowest BCUT2D eigenvalue weighted by Gasteiger charge is -2.24. The van der Waals surface area contributed by atoms with Crippen molar-refractivity contribution in [1.29, 1.82) is 0 Å². The minimum atomic E-state index is 0.177. The summed E-state index contributed by atoms with van der Waals surface area (Å²) in [7, 11) is 0. The van der Waals surface area contributed by atoms with Crippen LogP contribution in [0.15, 0.2) is 24.3 Å². The number of nitrogens with one attached hydrogen (secondary N) is 1. The smallest absolute Gasteiger partial charge is 0.120 e. The van der Waals surface area contributed by atoms with Crippen molar-refractivity contribution in [2.24, 2.45) is 0 Å². The molecule has 2 aliphatic rings. The highest BCUT2D eigenvalue weighted by molar-refractivity contribution is 5.30. The molecule has 0 bridgehead atoms. The van der Waals surface area contributed by atoms with E-state index in [2.05, 4.69) is 17.4 Å². The number of rotatable bonds is 3. The van der Waals surface area contributed by atoms with Crippen LogP contribution in [0.3, 0.4) is 0 Å². The van der Waals surface area contributed by atoms with Gasteiger partial charge in [0.05, 0.1) is 18.8 Å². The van der Waals surface area contributed by atoms with E-state index in [4.69, 9.17) is 9.47 Å². The van der Waals surface area contributed by atoms with E-state index in [1.54, 1.807) is 0 Å². The summed E-state index contributed by atoms with van der Waals surface area (Å²) in [6.07, 6.45) is 3.04. The maximum atomic E-state index is 5.78. The summed E-state index contributed by atoms with van der Waals surface area (Å²) in [5.74, 6) is 0.981. The van der Waals surface area contributed by atoms with Gasteiger partial charge in [0.1, 0.15) is 5.75 Å². The first-order chi connectivity index (χ1) is 7.92. The molecule has 1 aliphatic heterocycles. The zero-order valence-electron chi connectivity index (χ0n) is 9.32. The second-order valence-electron chi connectivity index (χ2n) is 4.45. The molecule has 1 saturated carbocycles. The highest BCUT2D eigenvalue weighted by Crippen LogP contribution is 2.29. The van der Waals surface area contributed by atoms with Crippen LogP contribution in [-0.2, 0) is 4.74 Å². The van der Waals surface area contributed by atoms with E-state index >= 15 is 0 Å². The van der Waals surface area contributed by atoms with Gasteiger partial charge in [0.25, 0.3) is 0 Å². The van der Waals surface area contributed by atoms with Gasteiger partial charge in [0.2, 0.25) is 0 Å². The normalized spacial score (nSPS) is 25.4. The Hall–Kier alpha value is -1.06. The van der Waals surface area contributed by atoms with E-state index < -0.39 is 0 Å². The summed E-state index contributed by atoms with van der Waals surface area (Å²) < 4.78 is 11.5. The van der Waals surface area contributed by atoms with Gasteiger partial charge in [-0.3, -0.25) is 0 Å². The molecule has 1 aromatic carbocycles. The Morgan fingerprint density at radius 2 is 2.25 bits per heavy atom. The van der Waals surface area contributed by atoms with Crippen molar-refractivity contribution in [2.45, 2.75) is 25.0 Å².